The molecule has 0 amide bonds. The van der Waals surface area contributed by atoms with Crippen molar-refractivity contribution < 1.29 is 14.3 Å². The fraction of sp³-hybridized carbons (Fsp3) is 0.833. The second-order valence-electron chi connectivity index (χ2n) is 1.84. The van der Waals surface area contributed by atoms with E-state index in [1.54, 1.807) is 6.92 Å². The molecule has 1 unspecified atom stereocenters. The summed E-state index contributed by atoms with van der Waals surface area (Å²) in [6.07, 6.45) is 0. The number of carbonyl (C=O) groups is 1. The van der Waals surface area contributed by atoms with Gasteiger partial charge in [-0.05, 0) is 13.8 Å². The molecule has 0 N–H and O–H groups in total. The van der Waals surface area contributed by atoms with Gasteiger partial charge in [-0.2, -0.15) is 0 Å². The van der Waals surface area contributed by atoms with Gasteiger partial charge in [0, 0.05) is 7.11 Å². The maximum absolute atomic E-state index is 10.8. The van der Waals surface area contributed by atoms with Crippen LogP contribution >= 0.6 is 11.6 Å². The monoisotopic (exact) mass is 166 g/mol. The SMILES string of the molecule is CCOC(=O)C(C)(Cl)OC. The van der Waals surface area contributed by atoms with Crippen LogP contribution in [0.4, 0.5) is 0 Å². The molecule has 60 valence electrons. The highest BCUT2D eigenvalue weighted by molar-refractivity contribution is 6.32. The molecule has 0 aliphatic carbocycles. The van der Waals surface area contributed by atoms with E-state index in [4.69, 9.17) is 11.6 Å². The molecule has 4 heteroatoms. The van der Waals surface area contributed by atoms with Crippen LogP contribution in [0.3, 0.4) is 0 Å². The number of alkyl halides is 1. The smallest absolute Gasteiger partial charge is 0.353 e. The van der Waals surface area contributed by atoms with Crippen molar-refractivity contribution in [1.29, 1.82) is 0 Å². The molecule has 0 rings (SSSR count). The minimum absolute atomic E-state index is 0.310. The number of rotatable bonds is 3. The predicted molar refractivity (Wildman–Crippen MR) is 37.9 cm³/mol. The molecule has 0 heterocycles. The number of hydrogen-bond acceptors (Lipinski definition) is 3. The molecule has 0 bridgehead atoms. The average Bonchev–Trinajstić information content (AvgIpc) is 1.89. The molecule has 0 aromatic carbocycles. The Labute approximate surface area is 65.3 Å². The Kier molecular flexibility index (Phi) is 3.68. The minimum Gasteiger partial charge on any atom is -0.463 e. The molecular weight excluding hydrogens is 156 g/mol. The van der Waals surface area contributed by atoms with Crippen LogP contribution in [0.25, 0.3) is 0 Å². The normalized spacial score (nSPS) is 16.0. The Morgan fingerprint density at radius 3 is 2.50 bits per heavy atom. The highest BCUT2D eigenvalue weighted by atomic mass is 35.5. The van der Waals surface area contributed by atoms with Crippen LogP contribution in [-0.2, 0) is 14.3 Å². The van der Waals surface area contributed by atoms with Crippen molar-refractivity contribution in [1.82, 2.24) is 0 Å². The Bertz CT molecular complexity index is 122. The molecule has 0 fully saturated rings. The maximum Gasteiger partial charge on any atom is 0.353 e. The van der Waals surface area contributed by atoms with E-state index >= 15 is 0 Å². The third kappa shape index (κ3) is 2.54. The van der Waals surface area contributed by atoms with E-state index in [1.807, 2.05) is 0 Å². The lowest BCUT2D eigenvalue weighted by atomic mass is 10.4. The van der Waals surface area contributed by atoms with Crippen molar-refractivity contribution >= 4 is 17.6 Å². The first kappa shape index (κ1) is 9.72. The number of carbonyl (C=O) groups excluding carboxylic acids is 1. The Hall–Kier alpha value is -0.280. The lowest BCUT2D eigenvalue weighted by Gasteiger charge is -2.16. The van der Waals surface area contributed by atoms with Crippen molar-refractivity contribution in [3.8, 4) is 0 Å². The molecule has 0 aliphatic heterocycles. The Balaban J connectivity index is 3.91. The van der Waals surface area contributed by atoms with Gasteiger partial charge in [0.15, 0.2) is 0 Å². The second kappa shape index (κ2) is 3.78. The Morgan fingerprint density at radius 1 is 1.70 bits per heavy atom. The van der Waals surface area contributed by atoms with Crippen LogP contribution in [0.15, 0.2) is 0 Å². The van der Waals surface area contributed by atoms with Crippen molar-refractivity contribution in [3.05, 3.63) is 0 Å². The van der Waals surface area contributed by atoms with E-state index in [2.05, 4.69) is 9.47 Å². The van der Waals surface area contributed by atoms with E-state index in [0.717, 1.165) is 0 Å². The van der Waals surface area contributed by atoms with Gasteiger partial charge >= 0.3 is 5.97 Å². The molecule has 0 saturated carbocycles. The summed E-state index contributed by atoms with van der Waals surface area (Å²) in [7, 11) is 1.35. The van der Waals surface area contributed by atoms with Crippen LogP contribution in [0.1, 0.15) is 13.8 Å². The summed E-state index contributed by atoms with van der Waals surface area (Å²) in [6.45, 7) is 3.46. The molecule has 0 spiro atoms. The molecule has 0 aromatic heterocycles. The standard InChI is InChI=1S/C6H11ClO3/c1-4-10-5(8)6(2,7)9-3/h4H2,1-3H3. The quantitative estimate of drug-likeness (QED) is 0.466. The van der Waals surface area contributed by atoms with E-state index < -0.39 is 11.0 Å². The zero-order valence-electron chi connectivity index (χ0n) is 6.31. The van der Waals surface area contributed by atoms with Gasteiger partial charge < -0.3 is 9.47 Å². The summed E-state index contributed by atoms with van der Waals surface area (Å²) in [5, 5.41) is -1.34. The molecule has 3 nitrogen and oxygen atoms in total. The topological polar surface area (TPSA) is 35.5 Å². The van der Waals surface area contributed by atoms with Crippen molar-refractivity contribution in [3.63, 3.8) is 0 Å². The third-order valence-corrected chi connectivity index (χ3v) is 1.33. The van der Waals surface area contributed by atoms with Gasteiger partial charge in [-0.15, -0.1) is 0 Å². The summed E-state index contributed by atoms with van der Waals surface area (Å²) in [5.41, 5.74) is 0. The first-order chi connectivity index (χ1) is 4.54. The maximum atomic E-state index is 10.8. The second-order valence-corrected chi connectivity index (χ2v) is 2.56. The fourth-order valence-electron chi connectivity index (χ4n) is 0.343. The number of methoxy groups -OCH3 is 1. The minimum atomic E-state index is -1.34. The first-order valence-corrected chi connectivity index (χ1v) is 3.33. The average molecular weight is 167 g/mol. The summed E-state index contributed by atoms with van der Waals surface area (Å²) >= 11 is 5.55. The summed E-state index contributed by atoms with van der Waals surface area (Å²) in [6, 6.07) is 0. The zero-order valence-corrected chi connectivity index (χ0v) is 7.07. The largest absolute Gasteiger partial charge is 0.463 e. The molecular formula is C6H11ClO3. The number of esters is 1. The summed E-state index contributed by atoms with van der Waals surface area (Å²) in [5.74, 6) is -0.556. The highest BCUT2D eigenvalue weighted by Gasteiger charge is 2.31. The number of hydrogen-bond donors (Lipinski definition) is 0. The van der Waals surface area contributed by atoms with E-state index in [9.17, 15) is 4.79 Å². The first-order valence-electron chi connectivity index (χ1n) is 2.96. The highest BCUT2D eigenvalue weighted by Crippen LogP contribution is 2.16. The lowest BCUT2D eigenvalue weighted by Crippen LogP contribution is -2.32. The van der Waals surface area contributed by atoms with Crippen LogP contribution < -0.4 is 0 Å². The van der Waals surface area contributed by atoms with Crippen molar-refractivity contribution in [2.75, 3.05) is 13.7 Å². The zero-order chi connectivity index (χ0) is 8.20. The summed E-state index contributed by atoms with van der Waals surface area (Å²) in [4.78, 5) is 10.8. The van der Waals surface area contributed by atoms with E-state index in [0.29, 0.717) is 6.61 Å². The van der Waals surface area contributed by atoms with Crippen LogP contribution in [0, 0.1) is 0 Å². The van der Waals surface area contributed by atoms with Gasteiger partial charge in [-0.1, -0.05) is 11.6 Å². The molecule has 0 radical (unpaired) electrons. The van der Waals surface area contributed by atoms with Gasteiger partial charge in [-0.3, -0.25) is 0 Å². The van der Waals surface area contributed by atoms with Crippen molar-refractivity contribution in [2.45, 2.75) is 18.9 Å². The molecule has 10 heavy (non-hydrogen) atoms. The van der Waals surface area contributed by atoms with Gasteiger partial charge in [0.05, 0.1) is 6.61 Å². The Morgan fingerprint density at radius 2 is 2.20 bits per heavy atom. The van der Waals surface area contributed by atoms with Gasteiger partial charge in [0.2, 0.25) is 5.06 Å². The van der Waals surface area contributed by atoms with Crippen LogP contribution in [0.5, 0.6) is 0 Å². The van der Waals surface area contributed by atoms with Gasteiger partial charge in [0.25, 0.3) is 0 Å². The van der Waals surface area contributed by atoms with E-state index in [1.165, 1.54) is 14.0 Å². The van der Waals surface area contributed by atoms with Crippen molar-refractivity contribution in [2.24, 2.45) is 0 Å². The fourth-order valence-corrected chi connectivity index (χ4v) is 0.398. The third-order valence-electron chi connectivity index (χ3n) is 1.02. The number of ether oxygens (including phenoxy) is 2. The molecule has 0 aliphatic rings. The van der Waals surface area contributed by atoms with E-state index in [-0.39, 0.29) is 0 Å². The van der Waals surface area contributed by atoms with Gasteiger partial charge in [-0.25, -0.2) is 4.79 Å². The molecule has 0 saturated heterocycles. The lowest BCUT2D eigenvalue weighted by molar-refractivity contribution is -0.157. The predicted octanol–water partition coefficient (Wildman–Crippen LogP) is 1.15. The van der Waals surface area contributed by atoms with Crippen LogP contribution in [-0.4, -0.2) is 24.7 Å². The van der Waals surface area contributed by atoms with Crippen LogP contribution in [0.2, 0.25) is 0 Å². The molecule has 0 aromatic rings. The molecule has 1 atom stereocenters. The summed E-state index contributed by atoms with van der Waals surface area (Å²) < 4.78 is 9.24. The van der Waals surface area contributed by atoms with Gasteiger partial charge in [0.1, 0.15) is 0 Å². The number of halogens is 1.